The molecular weight excluding hydrogens is 172 g/mol. The lowest BCUT2D eigenvalue weighted by atomic mass is 10.3. The second kappa shape index (κ2) is 3.53. The third-order valence-corrected chi connectivity index (χ3v) is 1.34. The topological polar surface area (TPSA) is 12.0 Å². The highest BCUT2D eigenvalue weighted by molar-refractivity contribution is 6.30. The predicted octanol–water partition coefficient (Wildman–Crippen LogP) is 2.97. The highest BCUT2D eigenvalue weighted by Gasteiger charge is 2.00. The van der Waals surface area contributed by atoms with E-state index in [0.717, 1.165) is 0 Å². The number of halogens is 3. The molecule has 0 aliphatic heterocycles. The Morgan fingerprint density at radius 1 is 1.36 bits per heavy atom. The van der Waals surface area contributed by atoms with E-state index < -0.39 is 6.55 Å². The van der Waals surface area contributed by atoms with Gasteiger partial charge in [0.1, 0.15) is 0 Å². The van der Waals surface area contributed by atoms with Gasteiger partial charge in [-0.1, -0.05) is 17.7 Å². The van der Waals surface area contributed by atoms with E-state index in [1.54, 1.807) is 12.1 Å². The maximum Gasteiger partial charge on any atom is 0.312 e. The molecule has 0 unspecified atom stereocenters. The van der Waals surface area contributed by atoms with E-state index >= 15 is 0 Å². The first-order chi connectivity index (χ1) is 5.18. The van der Waals surface area contributed by atoms with E-state index in [1.807, 2.05) is 5.32 Å². The van der Waals surface area contributed by atoms with Crippen LogP contribution in [0.15, 0.2) is 24.3 Å². The van der Waals surface area contributed by atoms with Crippen molar-refractivity contribution >= 4 is 17.3 Å². The van der Waals surface area contributed by atoms with Gasteiger partial charge in [0.2, 0.25) is 0 Å². The van der Waals surface area contributed by atoms with E-state index in [-0.39, 0.29) is 0 Å². The molecule has 1 aromatic carbocycles. The highest BCUT2D eigenvalue weighted by Crippen LogP contribution is 2.15. The molecule has 1 rings (SSSR count). The summed E-state index contributed by atoms with van der Waals surface area (Å²) in [4.78, 5) is 0. The molecule has 0 aliphatic rings. The zero-order chi connectivity index (χ0) is 8.27. The van der Waals surface area contributed by atoms with Crippen molar-refractivity contribution in [3.63, 3.8) is 0 Å². The Labute approximate surface area is 68.0 Å². The lowest BCUT2D eigenvalue weighted by Crippen LogP contribution is -2.05. The Morgan fingerprint density at radius 2 is 2.09 bits per heavy atom. The molecule has 0 fully saturated rings. The van der Waals surface area contributed by atoms with Crippen molar-refractivity contribution < 1.29 is 8.78 Å². The summed E-state index contributed by atoms with van der Waals surface area (Å²) < 4.78 is 23.4. The van der Waals surface area contributed by atoms with Gasteiger partial charge in [0.25, 0.3) is 0 Å². The number of nitrogens with one attached hydrogen (secondary N) is 1. The largest absolute Gasteiger partial charge is 0.330 e. The number of anilines is 1. The highest BCUT2D eigenvalue weighted by atomic mass is 35.5. The molecule has 0 heterocycles. The second-order valence-corrected chi connectivity index (χ2v) is 2.39. The maximum absolute atomic E-state index is 11.7. The minimum absolute atomic E-state index is 0.326. The molecule has 4 heteroatoms. The first kappa shape index (κ1) is 8.27. The first-order valence-electron chi connectivity index (χ1n) is 2.99. The smallest absolute Gasteiger partial charge is 0.312 e. The molecular formula is C7H6ClF2N. The molecule has 0 bridgehead atoms. The molecule has 0 atom stereocenters. The molecule has 11 heavy (non-hydrogen) atoms. The van der Waals surface area contributed by atoms with Gasteiger partial charge >= 0.3 is 6.55 Å². The summed E-state index contributed by atoms with van der Waals surface area (Å²) in [7, 11) is 0. The van der Waals surface area contributed by atoms with E-state index in [1.165, 1.54) is 12.1 Å². The molecule has 0 spiro atoms. The van der Waals surface area contributed by atoms with Gasteiger partial charge in [-0.2, -0.15) is 8.78 Å². The number of benzene rings is 1. The normalized spacial score (nSPS) is 10.2. The van der Waals surface area contributed by atoms with Crippen LogP contribution in [0.5, 0.6) is 0 Å². The van der Waals surface area contributed by atoms with Gasteiger partial charge < -0.3 is 5.32 Å². The van der Waals surface area contributed by atoms with Crippen LogP contribution in [0.3, 0.4) is 0 Å². The van der Waals surface area contributed by atoms with Crippen LogP contribution in [-0.4, -0.2) is 6.55 Å². The number of hydrogen-bond acceptors (Lipinski definition) is 1. The van der Waals surface area contributed by atoms with Crippen LogP contribution in [0, 0.1) is 0 Å². The number of hydrogen-bond donors (Lipinski definition) is 1. The van der Waals surface area contributed by atoms with Gasteiger partial charge in [0, 0.05) is 10.7 Å². The Morgan fingerprint density at radius 3 is 2.64 bits per heavy atom. The summed E-state index contributed by atoms with van der Waals surface area (Å²) in [5.74, 6) is 0. The fourth-order valence-electron chi connectivity index (χ4n) is 0.704. The molecule has 0 saturated carbocycles. The van der Waals surface area contributed by atoms with Gasteiger partial charge in [-0.15, -0.1) is 0 Å². The third-order valence-electron chi connectivity index (χ3n) is 1.10. The molecule has 1 nitrogen and oxygen atoms in total. The Balaban J connectivity index is 2.71. The Hall–Kier alpha value is -0.830. The van der Waals surface area contributed by atoms with E-state index in [9.17, 15) is 8.78 Å². The second-order valence-electron chi connectivity index (χ2n) is 1.96. The first-order valence-corrected chi connectivity index (χ1v) is 3.36. The minimum atomic E-state index is -2.55. The molecule has 60 valence electrons. The fourth-order valence-corrected chi connectivity index (χ4v) is 0.895. The maximum atomic E-state index is 11.7. The van der Waals surface area contributed by atoms with Crippen LogP contribution in [-0.2, 0) is 0 Å². The molecule has 0 aromatic heterocycles. The zero-order valence-electron chi connectivity index (χ0n) is 5.52. The summed E-state index contributed by atoms with van der Waals surface area (Å²) >= 11 is 5.54. The van der Waals surface area contributed by atoms with Crippen LogP contribution in [0.25, 0.3) is 0 Å². The minimum Gasteiger partial charge on any atom is -0.330 e. The Kier molecular flexibility index (Phi) is 2.65. The standard InChI is InChI=1S/C7H6ClF2N/c8-5-2-1-3-6(4-5)11-7(9)10/h1-4,7,11H. The molecule has 1 aromatic rings. The monoisotopic (exact) mass is 177 g/mol. The molecule has 0 aliphatic carbocycles. The molecule has 0 radical (unpaired) electrons. The average molecular weight is 178 g/mol. The van der Waals surface area contributed by atoms with Crippen molar-refractivity contribution in [1.82, 2.24) is 0 Å². The molecule has 0 saturated heterocycles. The summed E-state index contributed by atoms with van der Waals surface area (Å²) in [6.07, 6.45) is 0. The van der Waals surface area contributed by atoms with Crippen molar-refractivity contribution in [3.05, 3.63) is 29.3 Å². The van der Waals surface area contributed by atoms with E-state index in [4.69, 9.17) is 11.6 Å². The predicted molar refractivity (Wildman–Crippen MR) is 41.1 cm³/mol. The van der Waals surface area contributed by atoms with Crippen molar-refractivity contribution in [3.8, 4) is 0 Å². The average Bonchev–Trinajstić information content (AvgIpc) is 1.85. The van der Waals surface area contributed by atoms with Crippen LogP contribution in [0.2, 0.25) is 5.02 Å². The van der Waals surface area contributed by atoms with Gasteiger partial charge in [-0.05, 0) is 18.2 Å². The third kappa shape index (κ3) is 2.72. The summed E-state index contributed by atoms with van der Waals surface area (Å²) in [6.45, 7) is -2.55. The summed E-state index contributed by atoms with van der Waals surface area (Å²) in [5.41, 5.74) is 0.326. The number of rotatable bonds is 2. The van der Waals surface area contributed by atoms with Crippen molar-refractivity contribution in [2.24, 2.45) is 0 Å². The molecule has 1 N–H and O–H groups in total. The van der Waals surface area contributed by atoms with Crippen LogP contribution >= 0.6 is 11.6 Å². The van der Waals surface area contributed by atoms with Gasteiger partial charge in [0.05, 0.1) is 0 Å². The number of alkyl halides is 2. The Bertz CT molecular complexity index is 240. The van der Waals surface area contributed by atoms with E-state index in [0.29, 0.717) is 10.7 Å². The lowest BCUT2D eigenvalue weighted by molar-refractivity contribution is 0.181. The fraction of sp³-hybridized carbons (Fsp3) is 0.143. The van der Waals surface area contributed by atoms with Crippen molar-refractivity contribution in [2.45, 2.75) is 6.55 Å². The lowest BCUT2D eigenvalue weighted by Gasteiger charge is -2.03. The SMILES string of the molecule is FC(F)Nc1cccc(Cl)c1. The zero-order valence-corrected chi connectivity index (χ0v) is 6.28. The van der Waals surface area contributed by atoms with Gasteiger partial charge in [-0.25, -0.2) is 0 Å². The van der Waals surface area contributed by atoms with Crippen molar-refractivity contribution in [2.75, 3.05) is 5.32 Å². The van der Waals surface area contributed by atoms with E-state index in [2.05, 4.69) is 0 Å². The van der Waals surface area contributed by atoms with Gasteiger partial charge in [0.15, 0.2) is 0 Å². The molecule has 0 amide bonds. The van der Waals surface area contributed by atoms with Crippen LogP contribution in [0.1, 0.15) is 0 Å². The van der Waals surface area contributed by atoms with Crippen LogP contribution < -0.4 is 5.32 Å². The summed E-state index contributed by atoms with van der Waals surface area (Å²) in [5, 5.41) is 2.37. The van der Waals surface area contributed by atoms with Gasteiger partial charge in [-0.3, -0.25) is 0 Å². The van der Waals surface area contributed by atoms with Crippen molar-refractivity contribution in [1.29, 1.82) is 0 Å². The summed E-state index contributed by atoms with van der Waals surface area (Å²) in [6, 6.07) is 6.19. The quantitative estimate of drug-likeness (QED) is 0.685. The van der Waals surface area contributed by atoms with Crippen LogP contribution in [0.4, 0.5) is 14.5 Å².